The highest BCUT2D eigenvalue weighted by Crippen LogP contribution is 2.51. The zero-order valence-corrected chi connectivity index (χ0v) is 41.8. The minimum atomic E-state index is 0.0541. The van der Waals surface area contributed by atoms with Gasteiger partial charge in [-0.05, 0) is 149 Å². The van der Waals surface area contributed by atoms with E-state index in [2.05, 4.69) is 254 Å². The van der Waals surface area contributed by atoms with Crippen LogP contribution < -0.4 is 9.80 Å². The van der Waals surface area contributed by atoms with E-state index < -0.39 is 0 Å². The predicted octanol–water partition coefficient (Wildman–Crippen LogP) is 19.0. The first-order chi connectivity index (χ1) is 29.9. The Labute approximate surface area is 385 Å². The molecule has 0 aromatic heterocycles. The molecule has 330 valence electrons. The summed E-state index contributed by atoms with van der Waals surface area (Å²) in [4.78, 5) is 5.03. The Hall–Kier alpha value is -5.60. The molecule has 0 bridgehead atoms. The summed E-state index contributed by atoms with van der Waals surface area (Å²) < 4.78 is 0. The van der Waals surface area contributed by atoms with Crippen LogP contribution in [0.4, 0.5) is 34.1 Å². The summed E-state index contributed by atoms with van der Waals surface area (Å²) in [5.41, 5.74) is 15.3. The average molecular weight is 845 g/mol. The van der Waals surface area contributed by atoms with E-state index in [0.29, 0.717) is 11.8 Å². The van der Waals surface area contributed by atoms with E-state index in [4.69, 9.17) is 0 Å². The number of hydrogen-bond donors (Lipinski definition) is 0. The number of nitrogens with zero attached hydrogens (tertiary/aromatic N) is 2. The van der Waals surface area contributed by atoms with Gasteiger partial charge in [-0.25, -0.2) is 0 Å². The van der Waals surface area contributed by atoms with E-state index in [0.717, 1.165) is 22.7 Å². The van der Waals surface area contributed by atoms with Gasteiger partial charge in [-0.15, -0.1) is 0 Å². The zero-order chi connectivity index (χ0) is 46.3. The summed E-state index contributed by atoms with van der Waals surface area (Å²) in [7, 11) is 0. The van der Waals surface area contributed by atoms with Gasteiger partial charge in [-0.2, -0.15) is 0 Å². The topological polar surface area (TPSA) is 6.48 Å². The van der Waals surface area contributed by atoms with Crippen LogP contribution in [0, 0.1) is 0 Å². The number of benzene rings is 8. The summed E-state index contributed by atoms with van der Waals surface area (Å²) in [6, 6.07) is 51.9. The van der Waals surface area contributed by atoms with Gasteiger partial charge >= 0.3 is 0 Å². The van der Waals surface area contributed by atoms with Crippen LogP contribution in [-0.2, 0) is 21.7 Å². The van der Waals surface area contributed by atoms with Crippen LogP contribution in [0.2, 0.25) is 0 Å². The van der Waals surface area contributed by atoms with Crippen molar-refractivity contribution in [1.82, 2.24) is 0 Å². The fraction of sp³-hybridized carbons (Fsp3) is 0.355. The molecule has 8 aromatic carbocycles. The van der Waals surface area contributed by atoms with Gasteiger partial charge in [-0.3, -0.25) is 0 Å². The maximum atomic E-state index is 2.51. The van der Waals surface area contributed by atoms with Crippen molar-refractivity contribution in [3.63, 3.8) is 0 Å². The zero-order valence-electron chi connectivity index (χ0n) is 41.8. The van der Waals surface area contributed by atoms with E-state index in [1.807, 2.05) is 0 Å². The molecule has 0 aliphatic rings. The molecular formula is C62H72N2. The van der Waals surface area contributed by atoms with Crippen LogP contribution in [0.5, 0.6) is 0 Å². The first-order valence-electron chi connectivity index (χ1n) is 23.7. The van der Waals surface area contributed by atoms with Gasteiger partial charge in [0, 0.05) is 33.5 Å². The highest BCUT2D eigenvalue weighted by Gasteiger charge is 2.27. The van der Waals surface area contributed by atoms with Gasteiger partial charge in [0.25, 0.3) is 0 Å². The fourth-order valence-corrected chi connectivity index (χ4v) is 9.63. The standard InChI is InChI=1S/C62H72N2/c1-39(2)53-37-55(63(45-25-17-41(18-26-45)59(5,6)7)46-27-19-42(20-28-46)60(8,9)10)51-36-34-50-54(40(3)4)38-56(52-35-33-49(53)57(51)58(50)52)64(47-29-21-43(22-30-47)61(11,12)13)48-31-23-44(24-32-48)62(14,15)16/h17-40H,1-16H3. The lowest BCUT2D eigenvalue weighted by Gasteiger charge is -2.32. The summed E-state index contributed by atoms with van der Waals surface area (Å²) in [5.74, 6) is 0.611. The largest absolute Gasteiger partial charge is 0.310 e. The van der Waals surface area contributed by atoms with Crippen molar-refractivity contribution < 1.29 is 0 Å². The second kappa shape index (κ2) is 16.1. The Morgan fingerprint density at radius 2 is 0.516 bits per heavy atom. The summed E-state index contributed by atoms with van der Waals surface area (Å²) in [6.45, 7) is 37.0. The van der Waals surface area contributed by atoms with Crippen LogP contribution in [0.15, 0.2) is 133 Å². The van der Waals surface area contributed by atoms with Gasteiger partial charge < -0.3 is 9.80 Å². The van der Waals surface area contributed by atoms with Gasteiger partial charge in [0.2, 0.25) is 0 Å². The van der Waals surface area contributed by atoms with Gasteiger partial charge in [0.1, 0.15) is 0 Å². The van der Waals surface area contributed by atoms with Gasteiger partial charge in [-0.1, -0.05) is 184 Å². The predicted molar refractivity (Wildman–Crippen MR) is 282 cm³/mol. The van der Waals surface area contributed by atoms with Crippen molar-refractivity contribution >= 4 is 66.4 Å². The molecule has 0 spiro atoms. The lowest BCUT2D eigenvalue weighted by Crippen LogP contribution is -2.15. The highest BCUT2D eigenvalue weighted by atomic mass is 15.1. The van der Waals surface area contributed by atoms with Crippen LogP contribution in [0.3, 0.4) is 0 Å². The molecule has 2 heteroatoms. The van der Waals surface area contributed by atoms with Gasteiger partial charge in [0.05, 0.1) is 11.4 Å². The van der Waals surface area contributed by atoms with E-state index in [1.54, 1.807) is 0 Å². The quantitative estimate of drug-likeness (QED) is 0.141. The fourth-order valence-electron chi connectivity index (χ4n) is 9.63. The highest BCUT2D eigenvalue weighted by molar-refractivity contribution is 6.29. The van der Waals surface area contributed by atoms with Crippen LogP contribution in [0.1, 0.15) is 156 Å². The monoisotopic (exact) mass is 845 g/mol. The molecule has 8 aromatic rings. The minimum absolute atomic E-state index is 0.0541. The number of anilines is 6. The maximum absolute atomic E-state index is 2.51. The number of hydrogen-bond acceptors (Lipinski definition) is 2. The van der Waals surface area contributed by atoms with Crippen LogP contribution in [-0.4, -0.2) is 0 Å². The van der Waals surface area contributed by atoms with Crippen LogP contribution >= 0.6 is 0 Å². The molecule has 0 radical (unpaired) electrons. The first kappa shape index (κ1) is 45.0. The molecule has 64 heavy (non-hydrogen) atoms. The minimum Gasteiger partial charge on any atom is -0.310 e. The lowest BCUT2D eigenvalue weighted by atomic mass is 9.83. The van der Waals surface area contributed by atoms with Crippen molar-refractivity contribution in [2.24, 2.45) is 0 Å². The second-order valence-electron chi connectivity index (χ2n) is 23.2. The van der Waals surface area contributed by atoms with Crippen molar-refractivity contribution in [2.75, 3.05) is 9.80 Å². The third-order valence-electron chi connectivity index (χ3n) is 13.6. The molecule has 2 nitrogen and oxygen atoms in total. The summed E-state index contributed by atoms with van der Waals surface area (Å²) in [5, 5.41) is 7.88. The molecule has 0 aliphatic heterocycles. The smallest absolute Gasteiger partial charge is 0.0543 e. The van der Waals surface area contributed by atoms with Gasteiger partial charge in [0.15, 0.2) is 0 Å². The summed E-state index contributed by atoms with van der Waals surface area (Å²) >= 11 is 0. The summed E-state index contributed by atoms with van der Waals surface area (Å²) in [6.07, 6.45) is 0. The van der Waals surface area contributed by atoms with Crippen LogP contribution in [0.25, 0.3) is 32.3 Å². The van der Waals surface area contributed by atoms with E-state index in [-0.39, 0.29) is 21.7 Å². The maximum Gasteiger partial charge on any atom is 0.0543 e. The lowest BCUT2D eigenvalue weighted by molar-refractivity contribution is 0.590. The molecule has 0 fully saturated rings. The molecule has 0 unspecified atom stereocenters. The first-order valence-corrected chi connectivity index (χ1v) is 23.7. The second-order valence-corrected chi connectivity index (χ2v) is 23.2. The molecule has 0 amide bonds. The molecule has 0 aliphatic carbocycles. The molecular weight excluding hydrogens is 773 g/mol. The van der Waals surface area contributed by atoms with E-state index in [9.17, 15) is 0 Å². The Bertz CT molecular complexity index is 2600. The SMILES string of the molecule is CC(C)c1cc(N(c2ccc(C(C)(C)C)cc2)c2ccc(C(C)(C)C)cc2)c2ccc3c(C(C)C)cc(N(c4ccc(C(C)(C)C)cc4)c4ccc(C(C)(C)C)cc4)c4ccc1c2c34. The Morgan fingerprint density at radius 3 is 0.719 bits per heavy atom. The third kappa shape index (κ3) is 8.30. The molecule has 0 saturated carbocycles. The van der Waals surface area contributed by atoms with Crippen molar-refractivity contribution in [3.8, 4) is 0 Å². The molecule has 0 N–H and O–H groups in total. The van der Waals surface area contributed by atoms with E-state index >= 15 is 0 Å². The third-order valence-corrected chi connectivity index (χ3v) is 13.6. The Morgan fingerprint density at radius 1 is 0.297 bits per heavy atom. The van der Waals surface area contributed by atoms with E-state index in [1.165, 1.54) is 77.1 Å². The van der Waals surface area contributed by atoms with Crippen molar-refractivity contribution in [3.05, 3.63) is 167 Å². The molecule has 0 heterocycles. The molecule has 8 rings (SSSR count). The normalized spacial score (nSPS) is 13.0. The average Bonchev–Trinajstić information content (AvgIpc) is 3.22. The Balaban J connectivity index is 1.47. The number of rotatable bonds is 8. The Kier molecular flexibility index (Phi) is 11.3. The van der Waals surface area contributed by atoms with Crippen molar-refractivity contribution in [2.45, 2.75) is 144 Å². The molecule has 0 atom stereocenters. The van der Waals surface area contributed by atoms with Crippen molar-refractivity contribution in [1.29, 1.82) is 0 Å². The molecule has 0 saturated heterocycles.